The summed E-state index contributed by atoms with van der Waals surface area (Å²) in [5.41, 5.74) is -3.04. The third kappa shape index (κ3) is 3.80. The maximum absolute atomic E-state index is 12.4. The fourth-order valence-electron chi connectivity index (χ4n) is 1.08. The first-order valence-corrected chi connectivity index (χ1v) is 5.13. The predicted octanol–water partition coefficient (Wildman–Crippen LogP) is 4.47. The van der Waals surface area contributed by atoms with Gasteiger partial charge in [0.2, 0.25) is 0 Å². The van der Waals surface area contributed by atoms with Crippen LogP contribution in [0, 0.1) is 9.85 Å². The highest BCUT2D eigenvalue weighted by molar-refractivity contribution is 14.1. The van der Waals surface area contributed by atoms with E-state index in [1.54, 1.807) is 0 Å². The molecule has 0 atom stereocenters. The Morgan fingerprint density at radius 2 is 1.24 bits per heavy atom. The van der Waals surface area contributed by atoms with Crippen LogP contribution in [-0.2, 0) is 12.4 Å². The summed E-state index contributed by atoms with van der Waals surface area (Å²) in [4.78, 5) is 0. The zero-order valence-corrected chi connectivity index (χ0v) is 10.0. The Balaban J connectivity index is 3.43. The fourth-order valence-corrected chi connectivity index (χ4v) is 1.39. The van der Waals surface area contributed by atoms with Gasteiger partial charge in [-0.3, -0.25) is 0 Å². The van der Waals surface area contributed by atoms with E-state index in [0.717, 1.165) is 0 Å². The average molecular weight is 364 g/mol. The lowest BCUT2D eigenvalue weighted by Gasteiger charge is -2.12. The second-order valence-corrected chi connectivity index (χ2v) is 3.55. The topological polar surface area (TPSA) is 0 Å². The van der Waals surface area contributed by atoms with Gasteiger partial charge in [0.15, 0.2) is 0 Å². The SMILES string of the molecule is FC(F)(F)c1cc(C#CI)cc(C(F)(F)F)c1. The maximum Gasteiger partial charge on any atom is 0.416 e. The van der Waals surface area contributed by atoms with Crippen LogP contribution in [0.15, 0.2) is 18.2 Å². The maximum atomic E-state index is 12.4. The molecule has 0 saturated carbocycles. The number of alkyl halides is 6. The van der Waals surface area contributed by atoms with Crippen LogP contribution in [0.3, 0.4) is 0 Å². The summed E-state index contributed by atoms with van der Waals surface area (Å²) < 4.78 is 76.4. The predicted molar refractivity (Wildman–Crippen MR) is 57.3 cm³/mol. The van der Waals surface area contributed by atoms with Crippen LogP contribution in [0.4, 0.5) is 26.3 Å². The highest BCUT2D eigenvalue weighted by Gasteiger charge is 2.36. The van der Waals surface area contributed by atoms with Crippen molar-refractivity contribution in [3.8, 4) is 9.85 Å². The van der Waals surface area contributed by atoms with Crippen molar-refractivity contribution in [2.24, 2.45) is 0 Å². The van der Waals surface area contributed by atoms with E-state index in [-0.39, 0.29) is 11.6 Å². The van der Waals surface area contributed by atoms with Gasteiger partial charge in [0.1, 0.15) is 0 Å². The van der Waals surface area contributed by atoms with Crippen LogP contribution in [0.25, 0.3) is 0 Å². The summed E-state index contributed by atoms with van der Waals surface area (Å²) in [6.07, 6.45) is -9.66. The summed E-state index contributed by atoms with van der Waals surface area (Å²) in [6, 6.07) is 1.24. The lowest BCUT2D eigenvalue weighted by molar-refractivity contribution is -0.143. The molecule has 0 nitrogen and oxygen atoms in total. The molecule has 0 fully saturated rings. The Labute approximate surface area is 106 Å². The molecular formula is C10H3F6I. The van der Waals surface area contributed by atoms with E-state index < -0.39 is 23.5 Å². The number of benzene rings is 1. The molecule has 1 aromatic carbocycles. The van der Waals surface area contributed by atoms with Gasteiger partial charge < -0.3 is 0 Å². The Kier molecular flexibility index (Phi) is 3.96. The summed E-state index contributed by atoms with van der Waals surface area (Å²) in [6.45, 7) is 0. The van der Waals surface area contributed by atoms with Gasteiger partial charge in [-0.05, 0) is 22.1 Å². The Morgan fingerprint density at radius 1 is 0.824 bits per heavy atom. The van der Waals surface area contributed by atoms with E-state index in [4.69, 9.17) is 0 Å². The summed E-state index contributed by atoms with van der Waals surface area (Å²) >= 11 is 1.53. The summed E-state index contributed by atoms with van der Waals surface area (Å²) in [7, 11) is 0. The summed E-state index contributed by atoms with van der Waals surface area (Å²) in [5.74, 6) is 2.17. The van der Waals surface area contributed by atoms with E-state index in [0.29, 0.717) is 12.1 Å². The third-order valence-corrected chi connectivity index (χ3v) is 2.05. The molecule has 0 heterocycles. The number of hydrogen-bond acceptors (Lipinski definition) is 0. The highest BCUT2D eigenvalue weighted by Crippen LogP contribution is 2.36. The number of rotatable bonds is 0. The number of hydrogen-bond donors (Lipinski definition) is 0. The van der Waals surface area contributed by atoms with Crippen molar-refractivity contribution in [2.75, 3.05) is 0 Å². The van der Waals surface area contributed by atoms with E-state index in [9.17, 15) is 26.3 Å². The first-order valence-electron chi connectivity index (χ1n) is 4.05. The highest BCUT2D eigenvalue weighted by atomic mass is 127. The molecule has 0 saturated heterocycles. The van der Waals surface area contributed by atoms with E-state index in [1.807, 2.05) is 0 Å². The van der Waals surface area contributed by atoms with Crippen LogP contribution in [0.1, 0.15) is 16.7 Å². The molecule has 92 valence electrons. The molecule has 0 radical (unpaired) electrons. The zero-order valence-electron chi connectivity index (χ0n) is 7.88. The van der Waals surface area contributed by atoms with Crippen molar-refractivity contribution in [2.45, 2.75) is 12.4 Å². The molecule has 7 heteroatoms. The van der Waals surface area contributed by atoms with Crippen LogP contribution < -0.4 is 0 Å². The van der Waals surface area contributed by atoms with Gasteiger partial charge in [0, 0.05) is 28.2 Å². The minimum atomic E-state index is -4.83. The first-order chi connectivity index (χ1) is 7.64. The fraction of sp³-hybridized carbons (Fsp3) is 0.200. The molecule has 1 rings (SSSR count). The number of halogens is 7. The second kappa shape index (κ2) is 4.76. The first kappa shape index (κ1) is 14.2. The average Bonchev–Trinajstić information content (AvgIpc) is 2.15. The van der Waals surface area contributed by atoms with Crippen molar-refractivity contribution in [3.05, 3.63) is 34.9 Å². The molecule has 0 aliphatic heterocycles. The van der Waals surface area contributed by atoms with Gasteiger partial charge in [-0.2, -0.15) is 26.3 Å². The third-order valence-electron chi connectivity index (χ3n) is 1.78. The lowest BCUT2D eigenvalue weighted by Crippen LogP contribution is -2.11. The van der Waals surface area contributed by atoms with Gasteiger partial charge in [0.05, 0.1) is 11.1 Å². The zero-order chi connectivity index (χ0) is 13.3. The molecule has 0 aliphatic rings. The van der Waals surface area contributed by atoms with E-state index in [2.05, 4.69) is 9.85 Å². The largest absolute Gasteiger partial charge is 0.416 e. The molecule has 17 heavy (non-hydrogen) atoms. The van der Waals surface area contributed by atoms with Gasteiger partial charge >= 0.3 is 12.4 Å². The van der Waals surface area contributed by atoms with Crippen molar-refractivity contribution in [3.63, 3.8) is 0 Å². The van der Waals surface area contributed by atoms with E-state index >= 15 is 0 Å². The molecule has 0 spiro atoms. The molecule has 0 bridgehead atoms. The Bertz CT molecular complexity index is 442. The van der Waals surface area contributed by atoms with Gasteiger partial charge in [-0.25, -0.2) is 0 Å². The molecular weight excluding hydrogens is 361 g/mol. The molecule has 0 amide bonds. The molecule has 0 unspecified atom stereocenters. The molecule has 1 aromatic rings. The van der Waals surface area contributed by atoms with Gasteiger partial charge in [-0.1, -0.05) is 5.92 Å². The van der Waals surface area contributed by atoms with Crippen molar-refractivity contribution < 1.29 is 26.3 Å². The smallest absolute Gasteiger partial charge is 0.166 e. The van der Waals surface area contributed by atoms with Gasteiger partial charge in [0.25, 0.3) is 0 Å². The molecule has 0 N–H and O–H groups in total. The molecule has 0 aliphatic carbocycles. The Hall–Kier alpha value is -0.910. The minimum Gasteiger partial charge on any atom is -0.166 e. The monoisotopic (exact) mass is 364 g/mol. The van der Waals surface area contributed by atoms with E-state index in [1.165, 1.54) is 22.6 Å². The van der Waals surface area contributed by atoms with Crippen molar-refractivity contribution in [1.82, 2.24) is 0 Å². The minimum absolute atomic E-state index is 0.0678. The second-order valence-electron chi connectivity index (χ2n) is 3.01. The quantitative estimate of drug-likeness (QED) is 0.362. The van der Waals surface area contributed by atoms with Crippen LogP contribution in [-0.4, -0.2) is 0 Å². The normalized spacial score (nSPS) is 11.9. The molecule has 0 aromatic heterocycles. The van der Waals surface area contributed by atoms with Crippen LogP contribution >= 0.6 is 22.6 Å². The Morgan fingerprint density at radius 3 is 1.53 bits per heavy atom. The standard InChI is InChI=1S/C10H3F6I/c11-9(12,13)7-3-6(1-2-17)4-8(5-7)10(14,15)16/h3-5H. The van der Waals surface area contributed by atoms with Crippen molar-refractivity contribution >= 4 is 22.6 Å². The van der Waals surface area contributed by atoms with Crippen LogP contribution in [0.5, 0.6) is 0 Å². The lowest BCUT2D eigenvalue weighted by atomic mass is 10.1. The van der Waals surface area contributed by atoms with Crippen LogP contribution in [0.2, 0.25) is 0 Å². The van der Waals surface area contributed by atoms with Gasteiger partial charge in [-0.15, -0.1) is 0 Å². The van der Waals surface area contributed by atoms with Crippen molar-refractivity contribution in [1.29, 1.82) is 0 Å². The summed E-state index contributed by atoms with van der Waals surface area (Å²) in [5, 5.41) is 0.